The zero-order valence-corrected chi connectivity index (χ0v) is 15.6. The van der Waals surface area contributed by atoms with Crippen molar-refractivity contribution in [2.24, 2.45) is 5.73 Å². The van der Waals surface area contributed by atoms with E-state index in [-0.39, 0.29) is 6.04 Å². The fraction of sp³-hybridized carbons (Fsp3) is 0.353. The summed E-state index contributed by atoms with van der Waals surface area (Å²) in [5.74, 6) is 6.48. The molecule has 3 aromatic heterocycles. The predicted molar refractivity (Wildman–Crippen MR) is 104 cm³/mol. The minimum atomic E-state index is 0.131. The minimum Gasteiger partial charge on any atom is -0.370 e. The lowest BCUT2D eigenvalue weighted by Crippen LogP contribution is -2.17. The van der Waals surface area contributed by atoms with Gasteiger partial charge in [0.05, 0.1) is 16.8 Å². The van der Waals surface area contributed by atoms with Crippen LogP contribution in [-0.4, -0.2) is 10.4 Å². The summed E-state index contributed by atoms with van der Waals surface area (Å²) >= 11 is 5.07. The van der Waals surface area contributed by atoms with Crippen molar-refractivity contribution in [3.8, 4) is 11.8 Å². The number of aromatic nitrogens is 1. The molecule has 3 rings (SSSR count). The Hall–Kier alpha value is -1.39. The molecule has 0 spiro atoms. The third-order valence-electron chi connectivity index (χ3n) is 3.29. The summed E-state index contributed by atoms with van der Waals surface area (Å²) in [4.78, 5) is 2.58. The van der Waals surface area contributed by atoms with Crippen LogP contribution in [0, 0.1) is 11.8 Å². The fourth-order valence-corrected chi connectivity index (χ4v) is 5.15. The lowest BCUT2D eigenvalue weighted by molar-refractivity contribution is 0.746. The molecule has 3 N–H and O–H groups in total. The van der Waals surface area contributed by atoms with Crippen molar-refractivity contribution in [3.05, 3.63) is 32.8 Å². The first-order valence-corrected chi connectivity index (χ1v) is 10.1. The number of nitrogens with two attached hydrogens (primary N) is 1. The Balaban J connectivity index is 1.93. The standard InChI is InChI=1S/C17H19N3S3/c1-3-4-7-13-14(9-11(2)18)22-16-15(13)20-23-17(16)19-10-12-6-5-8-21-12/h5-6,8,11,19H,3,9-10,18H2,1-2H3/t11-/m0/s1. The fourth-order valence-electron chi connectivity index (χ4n) is 2.28. The van der Waals surface area contributed by atoms with Crippen molar-refractivity contribution in [2.45, 2.75) is 39.3 Å². The van der Waals surface area contributed by atoms with Crippen molar-refractivity contribution in [1.29, 1.82) is 0 Å². The summed E-state index contributed by atoms with van der Waals surface area (Å²) in [6, 6.07) is 4.35. The Morgan fingerprint density at radius 2 is 2.30 bits per heavy atom. The molecule has 23 heavy (non-hydrogen) atoms. The van der Waals surface area contributed by atoms with E-state index < -0.39 is 0 Å². The maximum atomic E-state index is 6.00. The third kappa shape index (κ3) is 3.75. The van der Waals surface area contributed by atoms with Gasteiger partial charge in [0.1, 0.15) is 10.5 Å². The molecular weight excluding hydrogens is 342 g/mol. The van der Waals surface area contributed by atoms with Crippen LogP contribution in [0.5, 0.6) is 0 Å². The highest BCUT2D eigenvalue weighted by molar-refractivity contribution is 7.24. The van der Waals surface area contributed by atoms with Gasteiger partial charge in [-0.25, -0.2) is 0 Å². The van der Waals surface area contributed by atoms with Crippen molar-refractivity contribution < 1.29 is 0 Å². The van der Waals surface area contributed by atoms with Gasteiger partial charge in [-0.2, -0.15) is 4.37 Å². The topological polar surface area (TPSA) is 50.9 Å². The summed E-state index contributed by atoms with van der Waals surface area (Å²) in [5, 5.41) is 6.75. The average Bonchev–Trinajstić information content (AvgIpc) is 3.20. The second-order valence-electron chi connectivity index (χ2n) is 5.36. The van der Waals surface area contributed by atoms with Crippen LogP contribution in [0.15, 0.2) is 17.5 Å². The average molecular weight is 362 g/mol. The molecule has 0 bridgehead atoms. The Labute approximate surface area is 148 Å². The highest BCUT2D eigenvalue weighted by Crippen LogP contribution is 2.39. The zero-order chi connectivity index (χ0) is 16.2. The summed E-state index contributed by atoms with van der Waals surface area (Å²) in [7, 11) is 0. The Kier molecular flexibility index (Phi) is 5.34. The highest BCUT2D eigenvalue weighted by atomic mass is 32.1. The van der Waals surface area contributed by atoms with E-state index in [4.69, 9.17) is 5.73 Å². The Bertz CT molecular complexity index is 832. The van der Waals surface area contributed by atoms with Crippen LogP contribution in [0.2, 0.25) is 0 Å². The molecule has 0 saturated carbocycles. The van der Waals surface area contributed by atoms with Crippen LogP contribution in [0.25, 0.3) is 10.2 Å². The van der Waals surface area contributed by atoms with Gasteiger partial charge >= 0.3 is 0 Å². The Morgan fingerprint density at radius 1 is 1.43 bits per heavy atom. The van der Waals surface area contributed by atoms with Gasteiger partial charge in [-0.05, 0) is 36.3 Å². The number of thiophene rings is 2. The lowest BCUT2D eigenvalue weighted by atomic mass is 10.1. The SMILES string of the molecule is CCC#Cc1c(C[C@H](C)N)sc2c(NCc3cccs3)snc12. The molecule has 0 saturated heterocycles. The molecule has 3 heterocycles. The molecule has 0 aliphatic carbocycles. The summed E-state index contributed by atoms with van der Waals surface area (Å²) < 4.78 is 5.86. The largest absolute Gasteiger partial charge is 0.370 e. The van der Waals surface area contributed by atoms with Crippen molar-refractivity contribution >= 4 is 49.4 Å². The number of nitrogens with one attached hydrogen (secondary N) is 1. The van der Waals surface area contributed by atoms with E-state index in [9.17, 15) is 0 Å². The summed E-state index contributed by atoms with van der Waals surface area (Å²) in [6.45, 7) is 4.94. The van der Waals surface area contributed by atoms with Crippen LogP contribution in [-0.2, 0) is 13.0 Å². The third-order valence-corrected chi connectivity index (χ3v) is 6.32. The van der Waals surface area contributed by atoms with Crippen LogP contribution in [0.3, 0.4) is 0 Å². The molecule has 6 heteroatoms. The second-order valence-corrected chi connectivity index (χ2v) is 8.27. The van der Waals surface area contributed by atoms with Gasteiger partial charge in [0, 0.05) is 22.2 Å². The molecule has 0 fully saturated rings. The zero-order valence-electron chi connectivity index (χ0n) is 13.2. The first kappa shape index (κ1) is 16.5. The van der Waals surface area contributed by atoms with E-state index >= 15 is 0 Å². The van der Waals surface area contributed by atoms with Gasteiger partial charge in [-0.15, -0.1) is 22.7 Å². The van der Waals surface area contributed by atoms with E-state index in [0.717, 1.165) is 35.5 Å². The molecular formula is C17H19N3S3. The number of nitrogens with zero attached hydrogens (tertiary/aromatic N) is 1. The van der Waals surface area contributed by atoms with Crippen LogP contribution >= 0.6 is 34.2 Å². The second kappa shape index (κ2) is 7.45. The smallest absolute Gasteiger partial charge is 0.127 e. The van der Waals surface area contributed by atoms with Gasteiger partial charge in [0.2, 0.25) is 0 Å². The maximum Gasteiger partial charge on any atom is 0.127 e. The van der Waals surface area contributed by atoms with E-state index in [1.54, 1.807) is 22.7 Å². The number of fused-ring (bicyclic) bond motifs is 1. The minimum absolute atomic E-state index is 0.131. The van der Waals surface area contributed by atoms with Gasteiger partial charge in [-0.1, -0.05) is 24.8 Å². The molecule has 1 atom stereocenters. The van der Waals surface area contributed by atoms with Crippen LogP contribution < -0.4 is 11.1 Å². The molecule has 0 aromatic carbocycles. The number of hydrogen-bond acceptors (Lipinski definition) is 6. The van der Waals surface area contributed by atoms with Crippen LogP contribution in [0.4, 0.5) is 5.00 Å². The van der Waals surface area contributed by atoms with Crippen molar-refractivity contribution in [1.82, 2.24) is 4.37 Å². The number of anilines is 1. The molecule has 0 aliphatic rings. The molecule has 120 valence electrons. The van der Waals surface area contributed by atoms with Gasteiger partial charge in [0.15, 0.2) is 0 Å². The molecule has 0 unspecified atom stereocenters. The quantitative estimate of drug-likeness (QED) is 0.649. The highest BCUT2D eigenvalue weighted by Gasteiger charge is 2.18. The summed E-state index contributed by atoms with van der Waals surface area (Å²) in [6.07, 6.45) is 1.70. The first-order chi connectivity index (χ1) is 11.2. The van der Waals surface area contributed by atoms with Crippen molar-refractivity contribution in [3.63, 3.8) is 0 Å². The normalized spacial score (nSPS) is 12.1. The van der Waals surface area contributed by atoms with E-state index in [2.05, 4.69) is 46.0 Å². The number of hydrogen-bond donors (Lipinski definition) is 2. The van der Waals surface area contributed by atoms with Gasteiger partial charge in [0.25, 0.3) is 0 Å². The molecule has 0 aliphatic heterocycles. The van der Waals surface area contributed by atoms with E-state index in [0.29, 0.717) is 0 Å². The van der Waals surface area contributed by atoms with Crippen molar-refractivity contribution in [2.75, 3.05) is 5.32 Å². The number of rotatable bonds is 5. The van der Waals surface area contributed by atoms with E-state index in [1.165, 1.54) is 26.0 Å². The summed E-state index contributed by atoms with van der Waals surface area (Å²) in [5.41, 5.74) is 8.11. The van der Waals surface area contributed by atoms with Crippen LogP contribution in [0.1, 0.15) is 35.6 Å². The monoisotopic (exact) mass is 361 g/mol. The van der Waals surface area contributed by atoms with Gasteiger partial charge in [-0.3, -0.25) is 0 Å². The lowest BCUT2D eigenvalue weighted by Gasteiger charge is -2.03. The molecule has 3 aromatic rings. The molecule has 0 amide bonds. The van der Waals surface area contributed by atoms with E-state index in [1.807, 2.05) is 6.92 Å². The Morgan fingerprint density at radius 3 is 3.00 bits per heavy atom. The molecule has 3 nitrogen and oxygen atoms in total. The maximum absolute atomic E-state index is 6.00. The molecule has 0 radical (unpaired) electrons. The predicted octanol–water partition coefficient (Wildman–Crippen LogP) is 4.68. The first-order valence-electron chi connectivity index (χ1n) is 7.60. The van der Waals surface area contributed by atoms with Gasteiger partial charge < -0.3 is 11.1 Å².